The van der Waals surface area contributed by atoms with Crippen LogP contribution in [0.25, 0.3) is 10.7 Å². The summed E-state index contributed by atoms with van der Waals surface area (Å²) in [6.45, 7) is 0. The van der Waals surface area contributed by atoms with Crippen molar-refractivity contribution in [3.05, 3.63) is 87.7 Å². The third-order valence-electron chi connectivity index (χ3n) is 4.25. The summed E-state index contributed by atoms with van der Waals surface area (Å²) in [7, 11) is 0. The Kier molecular flexibility index (Phi) is 6.83. The van der Waals surface area contributed by atoms with Crippen LogP contribution in [0.4, 0.5) is 14.9 Å². The number of hydrogen-bond acceptors (Lipinski definition) is 6. The average molecular weight is 502 g/mol. The number of urea groups is 1. The third-order valence-corrected chi connectivity index (χ3v) is 5.61. The number of rotatable bonds is 6. The number of amides is 2. The number of thiazole rings is 1. The molecule has 4 aromatic rings. The summed E-state index contributed by atoms with van der Waals surface area (Å²) in [5.74, 6) is -0.390. The fourth-order valence-corrected chi connectivity index (χ4v) is 3.81. The SMILES string of the molecule is NC(=O)N(/N=C/c1ccc(Cl)cc1Cl)c1ccc(Oc2ccnc(-c3nccs3)c2)c(F)c1. The monoisotopic (exact) mass is 501 g/mol. The van der Waals surface area contributed by atoms with Crippen molar-refractivity contribution < 1.29 is 13.9 Å². The van der Waals surface area contributed by atoms with E-state index in [2.05, 4.69) is 15.1 Å². The summed E-state index contributed by atoms with van der Waals surface area (Å²) in [6, 6.07) is 11.0. The quantitative estimate of drug-likeness (QED) is 0.245. The molecule has 0 atom stereocenters. The number of carbonyl (C=O) groups excluding carboxylic acids is 1. The van der Waals surface area contributed by atoms with Crippen LogP contribution in [0.1, 0.15) is 5.56 Å². The van der Waals surface area contributed by atoms with Crippen molar-refractivity contribution in [1.29, 1.82) is 0 Å². The highest BCUT2D eigenvalue weighted by molar-refractivity contribution is 7.13. The predicted octanol–water partition coefficient (Wildman–Crippen LogP) is 6.36. The van der Waals surface area contributed by atoms with Gasteiger partial charge in [0.15, 0.2) is 11.6 Å². The maximum absolute atomic E-state index is 14.8. The van der Waals surface area contributed by atoms with Gasteiger partial charge in [-0.3, -0.25) is 4.98 Å². The fraction of sp³-hybridized carbons (Fsp3) is 0. The molecule has 2 aromatic carbocycles. The average Bonchev–Trinajstić information content (AvgIpc) is 3.32. The molecule has 0 radical (unpaired) electrons. The lowest BCUT2D eigenvalue weighted by Crippen LogP contribution is -2.31. The van der Waals surface area contributed by atoms with Crippen LogP contribution < -0.4 is 15.5 Å². The first-order valence-electron chi connectivity index (χ1n) is 9.32. The molecule has 0 aliphatic carbocycles. The summed E-state index contributed by atoms with van der Waals surface area (Å²) < 4.78 is 20.4. The van der Waals surface area contributed by atoms with Gasteiger partial charge in [0.1, 0.15) is 16.5 Å². The molecule has 11 heteroatoms. The van der Waals surface area contributed by atoms with E-state index < -0.39 is 11.8 Å². The van der Waals surface area contributed by atoms with Crippen LogP contribution in [-0.4, -0.2) is 22.2 Å². The van der Waals surface area contributed by atoms with Crippen LogP contribution in [0.3, 0.4) is 0 Å². The van der Waals surface area contributed by atoms with Crippen molar-refractivity contribution in [2.45, 2.75) is 0 Å². The maximum Gasteiger partial charge on any atom is 0.340 e. The van der Waals surface area contributed by atoms with Gasteiger partial charge < -0.3 is 10.5 Å². The van der Waals surface area contributed by atoms with E-state index in [0.717, 1.165) is 11.1 Å². The van der Waals surface area contributed by atoms with Gasteiger partial charge in [-0.05, 0) is 30.3 Å². The second-order valence-corrected chi connectivity index (χ2v) is 8.23. The topological polar surface area (TPSA) is 93.7 Å². The van der Waals surface area contributed by atoms with Crippen LogP contribution in [0.2, 0.25) is 10.0 Å². The molecule has 0 fully saturated rings. The molecule has 2 heterocycles. The van der Waals surface area contributed by atoms with Gasteiger partial charge >= 0.3 is 6.03 Å². The third kappa shape index (κ3) is 5.46. The van der Waals surface area contributed by atoms with E-state index in [9.17, 15) is 9.18 Å². The lowest BCUT2D eigenvalue weighted by Gasteiger charge is -2.16. The molecule has 0 unspecified atom stereocenters. The van der Waals surface area contributed by atoms with Crippen molar-refractivity contribution in [3.8, 4) is 22.2 Å². The van der Waals surface area contributed by atoms with Gasteiger partial charge in [0, 0.05) is 40.5 Å². The van der Waals surface area contributed by atoms with Crippen LogP contribution >= 0.6 is 34.5 Å². The molecule has 7 nitrogen and oxygen atoms in total. The number of halogens is 3. The first-order chi connectivity index (χ1) is 15.9. The molecule has 2 amide bonds. The zero-order chi connectivity index (χ0) is 23.4. The zero-order valence-electron chi connectivity index (χ0n) is 16.7. The normalized spacial score (nSPS) is 11.0. The maximum atomic E-state index is 14.8. The summed E-state index contributed by atoms with van der Waals surface area (Å²) in [4.78, 5) is 20.4. The van der Waals surface area contributed by atoms with Crippen molar-refractivity contribution in [1.82, 2.24) is 9.97 Å². The van der Waals surface area contributed by atoms with Crippen LogP contribution in [0.5, 0.6) is 11.5 Å². The Hall–Kier alpha value is -3.53. The highest BCUT2D eigenvalue weighted by Crippen LogP contribution is 2.30. The van der Waals surface area contributed by atoms with Crippen molar-refractivity contribution in [2.75, 3.05) is 5.01 Å². The Morgan fingerprint density at radius 2 is 1.97 bits per heavy atom. The number of benzene rings is 2. The minimum absolute atomic E-state index is 0.0517. The first kappa shape index (κ1) is 22.7. The van der Waals surface area contributed by atoms with Crippen molar-refractivity contribution >= 4 is 52.5 Å². The number of hydrogen-bond donors (Lipinski definition) is 1. The van der Waals surface area contributed by atoms with Crippen LogP contribution in [0, 0.1) is 5.82 Å². The van der Waals surface area contributed by atoms with E-state index in [1.807, 2.05) is 5.38 Å². The predicted molar refractivity (Wildman–Crippen MR) is 128 cm³/mol. The standard InChI is InChI=1S/C22H14Cl2FN5O2S/c23-14-2-1-13(17(24)9-14)12-29-30(22(26)31)15-3-4-20(18(25)10-15)32-16-5-6-27-19(11-16)21-28-7-8-33-21/h1-12H,(H2,26,31)/b29-12+. The molecule has 33 heavy (non-hydrogen) atoms. The second-order valence-electron chi connectivity index (χ2n) is 6.49. The largest absolute Gasteiger partial charge is 0.454 e. The van der Waals surface area contributed by atoms with Crippen molar-refractivity contribution in [3.63, 3.8) is 0 Å². The smallest absolute Gasteiger partial charge is 0.340 e. The van der Waals surface area contributed by atoms with Gasteiger partial charge in [0.2, 0.25) is 0 Å². The Morgan fingerprint density at radius 1 is 1.12 bits per heavy atom. The molecular weight excluding hydrogens is 488 g/mol. The zero-order valence-corrected chi connectivity index (χ0v) is 19.0. The highest BCUT2D eigenvalue weighted by Gasteiger charge is 2.15. The van der Waals surface area contributed by atoms with E-state index in [4.69, 9.17) is 33.7 Å². The number of nitrogens with zero attached hydrogens (tertiary/aromatic N) is 4. The lowest BCUT2D eigenvalue weighted by atomic mass is 10.2. The van der Waals surface area contributed by atoms with Crippen molar-refractivity contribution in [2.24, 2.45) is 10.8 Å². The molecule has 166 valence electrons. The molecule has 0 aliphatic rings. The molecule has 2 N–H and O–H groups in total. The van der Waals surface area contributed by atoms with Gasteiger partial charge in [0.05, 0.1) is 16.9 Å². The number of pyridine rings is 1. The molecular formula is C22H14Cl2FN5O2S. The fourth-order valence-electron chi connectivity index (χ4n) is 2.75. The summed E-state index contributed by atoms with van der Waals surface area (Å²) >= 11 is 13.4. The number of aromatic nitrogens is 2. The van der Waals surface area contributed by atoms with Gasteiger partial charge in [-0.15, -0.1) is 11.3 Å². The molecule has 0 aliphatic heterocycles. The number of nitrogens with two attached hydrogens (primary N) is 1. The number of anilines is 1. The van der Waals surface area contributed by atoms with E-state index in [1.165, 1.54) is 35.8 Å². The van der Waals surface area contributed by atoms with E-state index in [1.54, 1.807) is 36.7 Å². The van der Waals surface area contributed by atoms with Gasteiger partial charge in [-0.1, -0.05) is 29.3 Å². The molecule has 2 aromatic heterocycles. The molecule has 0 saturated heterocycles. The Balaban J connectivity index is 1.56. The van der Waals surface area contributed by atoms with Gasteiger partial charge in [-0.2, -0.15) is 10.1 Å². The molecule has 0 bridgehead atoms. The highest BCUT2D eigenvalue weighted by atomic mass is 35.5. The Bertz CT molecular complexity index is 1330. The van der Waals surface area contributed by atoms with Gasteiger partial charge in [-0.25, -0.2) is 14.2 Å². The minimum Gasteiger partial charge on any atom is -0.454 e. The number of primary amides is 1. The summed E-state index contributed by atoms with van der Waals surface area (Å²) in [6.07, 6.45) is 4.54. The lowest BCUT2D eigenvalue weighted by molar-refractivity contribution is 0.254. The second kappa shape index (κ2) is 9.95. The molecule has 4 rings (SSSR count). The molecule has 0 spiro atoms. The van der Waals surface area contributed by atoms with E-state index >= 15 is 0 Å². The van der Waals surface area contributed by atoms with E-state index in [0.29, 0.717) is 32.1 Å². The minimum atomic E-state index is -0.911. The van der Waals surface area contributed by atoms with Gasteiger partial charge in [0.25, 0.3) is 0 Å². The Labute approximate surface area is 201 Å². The van der Waals surface area contributed by atoms with E-state index in [-0.39, 0.29) is 11.4 Å². The number of hydrazone groups is 1. The summed E-state index contributed by atoms with van der Waals surface area (Å²) in [5, 5.41) is 8.20. The number of ether oxygens (including phenoxy) is 1. The Morgan fingerprint density at radius 3 is 2.67 bits per heavy atom. The van der Waals surface area contributed by atoms with Crippen LogP contribution in [0.15, 0.2) is 71.4 Å². The first-order valence-corrected chi connectivity index (χ1v) is 11.0. The summed E-state index contributed by atoms with van der Waals surface area (Å²) in [5.41, 5.74) is 6.63. The number of carbonyl (C=O) groups is 1. The van der Waals surface area contributed by atoms with Crippen LogP contribution in [-0.2, 0) is 0 Å². The molecule has 0 saturated carbocycles.